The summed E-state index contributed by atoms with van der Waals surface area (Å²) in [6.07, 6.45) is 4.88. The van der Waals surface area contributed by atoms with Crippen LogP contribution in [0.2, 0.25) is 0 Å². The lowest BCUT2D eigenvalue weighted by molar-refractivity contribution is 0.0958. The topological polar surface area (TPSA) is 71.0 Å². The van der Waals surface area contributed by atoms with E-state index in [1.807, 2.05) is 20.0 Å². The molecule has 0 spiro atoms. The summed E-state index contributed by atoms with van der Waals surface area (Å²) >= 11 is 1.55. The first kappa shape index (κ1) is 19.9. The van der Waals surface area contributed by atoms with Crippen molar-refractivity contribution < 1.29 is 4.79 Å². The summed E-state index contributed by atoms with van der Waals surface area (Å²) in [5, 5.41) is 15.1. The highest BCUT2D eigenvalue weighted by molar-refractivity contribution is 7.20. The Balaban J connectivity index is 1.89. The van der Waals surface area contributed by atoms with Crippen molar-refractivity contribution >= 4 is 27.5 Å². The van der Waals surface area contributed by atoms with Gasteiger partial charge in [-0.25, -0.2) is 0 Å². The summed E-state index contributed by atoms with van der Waals surface area (Å²) in [5.74, 6) is 0.00792. The van der Waals surface area contributed by atoms with Gasteiger partial charge in [-0.2, -0.15) is 5.10 Å². The summed E-state index contributed by atoms with van der Waals surface area (Å²) in [6.45, 7) is 8.42. The van der Waals surface area contributed by atoms with Gasteiger partial charge in [0, 0.05) is 38.1 Å². The largest absolute Gasteiger partial charge is 0.350 e. The number of hydrogen-bond donors (Lipinski definition) is 3. The van der Waals surface area contributed by atoms with Gasteiger partial charge in [0.15, 0.2) is 0 Å². The molecule has 0 aliphatic rings. The Morgan fingerprint density at radius 3 is 2.76 bits per heavy atom. The van der Waals surface area contributed by atoms with Crippen LogP contribution in [0, 0.1) is 6.92 Å². The van der Waals surface area contributed by atoms with Gasteiger partial charge >= 0.3 is 0 Å². The zero-order chi connectivity index (χ0) is 18.1. The Kier molecular flexibility index (Phi) is 8.37. The first-order valence-corrected chi connectivity index (χ1v) is 10.1. The van der Waals surface area contributed by atoms with Crippen molar-refractivity contribution in [2.45, 2.75) is 46.1 Å². The van der Waals surface area contributed by atoms with Crippen LogP contribution in [-0.4, -0.2) is 48.9 Å². The summed E-state index contributed by atoms with van der Waals surface area (Å²) < 4.78 is 2.07. The summed E-state index contributed by atoms with van der Waals surface area (Å²) in [6, 6.07) is 1.98. The molecule has 2 aromatic rings. The maximum absolute atomic E-state index is 12.4. The third-order valence-corrected chi connectivity index (χ3v) is 5.34. The molecule has 140 valence electrons. The van der Waals surface area contributed by atoms with Gasteiger partial charge in [0.05, 0.1) is 10.6 Å². The highest BCUT2D eigenvalue weighted by Crippen LogP contribution is 2.28. The van der Waals surface area contributed by atoms with Crippen LogP contribution in [0.4, 0.5) is 0 Å². The number of thiophene rings is 1. The molecule has 0 saturated heterocycles. The lowest BCUT2D eigenvalue weighted by atomic mass is 10.2. The molecule has 7 heteroatoms. The molecule has 0 bridgehead atoms. The molecule has 2 rings (SSSR count). The van der Waals surface area contributed by atoms with E-state index in [-0.39, 0.29) is 5.91 Å². The Morgan fingerprint density at radius 2 is 2.00 bits per heavy atom. The Hall–Kier alpha value is -1.44. The standard InChI is InChI=1S/C18H31N5OS/c1-4-5-6-7-12-23-18-15(14(2)22-23)13-16(25-18)17(24)21-11-10-20-9-8-19-3/h13,19-20H,4-12H2,1-3H3,(H,21,24). The fourth-order valence-electron chi connectivity index (χ4n) is 2.75. The SMILES string of the molecule is CCCCCCn1nc(C)c2cc(C(=O)NCCNCCNC)sc21. The van der Waals surface area contributed by atoms with E-state index in [2.05, 4.69) is 32.7 Å². The monoisotopic (exact) mass is 365 g/mol. The lowest BCUT2D eigenvalue weighted by Crippen LogP contribution is -2.34. The van der Waals surface area contributed by atoms with Crippen LogP contribution < -0.4 is 16.0 Å². The van der Waals surface area contributed by atoms with Gasteiger partial charge in [0.1, 0.15) is 4.83 Å². The van der Waals surface area contributed by atoms with Crippen LogP contribution in [0.3, 0.4) is 0 Å². The van der Waals surface area contributed by atoms with E-state index >= 15 is 0 Å². The average molecular weight is 366 g/mol. The molecule has 0 aromatic carbocycles. The Bertz CT molecular complexity index is 664. The van der Waals surface area contributed by atoms with Crippen LogP contribution >= 0.6 is 11.3 Å². The smallest absolute Gasteiger partial charge is 0.261 e. The van der Waals surface area contributed by atoms with Gasteiger partial charge in [0.25, 0.3) is 5.91 Å². The predicted molar refractivity (Wildman–Crippen MR) is 106 cm³/mol. The molecular weight excluding hydrogens is 334 g/mol. The van der Waals surface area contributed by atoms with Gasteiger partial charge in [-0.3, -0.25) is 9.48 Å². The number of nitrogens with zero attached hydrogens (tertiary/aromatic N) is 2. The predicted octanol–water partition coefficient (Wildman–Crippen LogP) is 2.53. The molecule has 25 heavy (non-hydrogen) atoms. The van der Waals surface area contributed by atoms with E-state index in [0.717, 1.165) is 53.4 Å². The number of nitrogens with one attached hydrogen (secondary N) is 3. The third kappa shape index (κ3) is 5.80. The molecule has 0 unspecified atom stereocenters. The van der Waals surface area contributed by atoms with E-state index in [1.165, 1.54) is 19.3 Å². The van der Waals surface area contributed by atoms with E-state index < -0.39 is 0 Å². The van der Waals surface area contributed by atoms with Gasteiger partial charge in [-0.15, -0.1) is 11.3 Å². The second-order valence-electron chi connectivity index (χ2n) is 6.31. The summed E-state index contributed by atoms with van der Waals surface area (Å²) in [5.41, 5.74) is 1.01. The second kappa shape index (κ2) is 10.5. The number of carbonyl (C=O) groups is 1. The van der Waals surface area contributed by atoms with Crippen molar-refractivity contribution in [3.8, 4) is 0 Å². The van der Waals surface area contributed by atoms with Crippen LogP contribution in [0.25, 0.3) is 10.2 Å². The van der Waals surface area contributed by atoms with E-state index in [9.17, 15) is 4.79 Å². The molecule has 0 atom stereocenters. The minimum absolute atomic E-state index is 0.00792. The molecule has 0 radical (unpaired) electrons. The van der Waals surface area contributed by atoms with Crippen molar-refractivity contribution in [1.82, 2.24) is 25.7 Å². The first-order valence-electron chi connectivity index (χ1n) is 9.27. The van der Waals surface area contributed by atoms with Crippen molar-refractivity contribution in [3.05, 3.63) is 16.6 Å². The maximum atomic E-state index is 12.4. The average Bonchev–Trinajstić information content (AvgIpc) is 3.16. The molecule has 2 aromatic heterocycles. The summed E-state index contributed by atoms with van der Waals surface area (Å²) in [7, 11) is 1.93. The van der Waals surface area contributed by atoms with Crippen molar-refractivity contribution in [1.29, 1.82) is 0 Å². The number of hydrogen-bond acceptors (Lipinski definition) is 5. The highest BCUT2D eigenvalue weighted by atomic mass is 32.1. The number of amides is 1. The van der Waals surface area contributed by atoms with Crippen molar-refractivity contribution in [3.63, 3.8) is 0 Å². The van der Waals surface area contributed by atoms with Gasteiger partial charge < -0.3 is 16.0 Å². The number of fused-ring (bicyclic) bond motifs is 1. The Labute approximate surface area is 154 Å². The van der Waals surface area contributed by atoms with Crippen molar-refractivity contribution in [2.24, 2.45) is 0 Å². The van der Waals surface area contributed by atoms with Gasteiger partial charge in [0.2, 0.25) is 0 Å². The number of unbranched alkanes of at least 4 members (excludes halogenated alkanes) is 3. The number of aryl methyl sites for hydroxylation is 2. The Morgan fingerprint density at radius 1 is 1.20 bits per heavy atom. The fraction of sp³-hybridized carbons (Fsp3) is 0.667. The van der Waals surface area contributed by atoms with Crippen molar-refractivity contribution in [2.75, 3.05) is 33.2 Å². The number of likely N-dealkylation sites (N-methyl/N-ethyl adjacent to an activating group) is 1. The molecule has 1 amide bonds. The molecule has 3 N–H and O–H groups in total. The second-order valence-corrected chi connectivity index (χ2v) is 7.34. The molecule has 6 nitrogen and oxygen atoms in total. The van der Waals surface area contributed by atoms with Crippen LogP contribution in [0.5, 0.6) is 0 Å². The zero-order valence-electron chi connectivity index (χ0n) is 15.7. The van der Waals surface area contributed by atoms with E-state index in [0.29, 0.717) is 6.54 Å². The first-order chi connectivity index (χ1) is 12.2. The number of carbonyl (C=O) groups excluding carboxylic acids is 1. The molecular formula is C18H31N5OS. The minimum atomic E-state index is 0.00792. The minimum Gasteiger partial charge on any atom is -0.350 e. The fourth-order valence-corrected chi connectivity index (χ4v) is 3.86. The molecule has 0 saturated carbocycles. The quantitative estimate of drug-likeness (QED) is 0.506. The molecule has 0 aliphatic heterocycles. The zero-order valence-corrected chi connectivity index (χ0v) is 16.5. The van der Waals surface area contributed by atoms with E-state index in [4.69, 9.17) is 0 Å². The highest BCUT2D eigenvalue weighted by Gasteiger charge is 2.15. The van der Waals surface area contributed by atoms with Gasteiger partial charge in [-0.05, 0) is 26.5 Å². The van der Waals surface area contributed by atoms with Crippen LogP contribution in [-0.2, 0) is 6.54 Å². The molecule has 0 fully saturated rings. The van der Waals surface area contributed by atoms with Crippen LogP contribution in [0.1, 0.15) is 48.0 Å². The third-order valence-electron chi connectivity index (χ3n) is 4.19. The number of rotatable bonds is 12. The normalized spacial score (nSPS) is 11.3. The summed E-state index contributed by atoms with van der Waals surface area (Å²) in [4.78, 5) is 14.2. The van der Waals surface area contributed by atoms with E-state index in [1.54, 1.807) is 11.3 Å². The lowest BCUT2D eigenvalue weighted by Gasteiger charge is -2.05. The van der Waals surface area contributed by atoms with Gasteiger partial charge in [-0.1, -0.05) is 26.2 Å². The van der Waals surface area contributed by atoms with Crippen LogP contribution in [0.15, 0.2) is 6.07 Å². The molecule has 2 heterocycles. The maximum Gasteiger partial charge on any atom is 0.261 e. The number of aromatic nitrogens is 2. The molecule has 0 aliphatic carbocycles.